The van der Waals surface area contributed by atoms with Crippen LogP contribution in [0, 0.1) is 0 Å². The van der Waals surface area contributed by atoms with Crippen molar-refractivity contribution in [2.24, 2.45) is 0 Å². The second-order valence-electron chi connectivity index (χ2n) is 6.56. The molecule has 3 aromatic rings. The van der Waals surface area contributed by atoms with Crippen molar-refractivity contribution in [2.45, 2.75) is 18.6 Å². The van der Waals surface area contributed by atoms with E-state index >= 15 is 0 Å². The van der Waals surface area contributed by atoms with Gasteiger partial charge in [-0.25, -0.2) is 0 Å². The minimum absolute atomic E-state index is 0.0161. The van der Waals surface area contributed by atoms with Crippen LogP contribution in [0.3, 0.4) is 0 Å². The molecule has 4 rings (SSSR count). The SMILES string of the molecule is CCN(Cc1ccc2c(c1)OCCO2)C(=O)CSc1nnnn1-c1ccc(O)cc1. The molecule has 0 aliphatic carbocycles. The maximum Gasteiger partial charge on any atom is 0.233 e. The number of aromatic nitrogens is 4. The zero-order valence-electron chi connectivity index (χ0n) is 16.4. The van der Waals surface area contributed by atoms with Crippen molar-refractivity contribution in [1.29, 1.82) is 0 Å². The van der Waals surface area contributed by atoms with E-state index in [0.717, 1.165) is 11.3 Å². The smallest absolute Gasteiger partial charge is 0.233 e. The average Bonchev–Trinajstić information content (AvgIpc) is 3.25. The first-order chi connectivity index (χ1) is 14.6. The van der Waals surface area contributed by atoms with Gasteiger partial charge in [-0.3, -0.25) is 4.79 Å². The van der Waals surface area contributed by atoms with E-state index in [1.54, 1.807) is 29.2 Å². The third kappa shape index (κ3) is 4.48. The summed E-state index contributed by atoms with van der Waals surface area (Å²) in [5.74, 6) is 1.80. The number of benzene rings is 2. The van der Waals surface area contributed by atoms with Gasteiger partial charge in [-0.05, 0) is 59.3 Å². The molecule has 1 aliphatic heterocycles. The first-order valence-corrected chi connectivity index (χ1v) is 10.5. The van der Waals surface area contributed by atoms with Gasteiger partial charge >= 0.3 is 0 Å². The van der Waals surface area contributed by atoms with Crippen LogP contribution < -0.4 is 9.47 Å². The van der Waals surface area contributed by atoms with Gasteiger partial charge in [-0.15, -0.1) is 5.10 Å². The Morgan fingerprint density at radius 2 is 1.93 bits per heavy atom. The van der Waals surface area contributed by atoms with E-state index in [2.05, 4.69) is 15.5 Å². The quantitative estimate of drug-likeness (QED) is 0.573. The van der Waals surface area contributed by atoms with Crippen LogP contribution in [0.15, 0.2) is 47.6 Å². The van der Waals surface area contributed by atoms with Gasteiger partial charge in [0.2, 0.25) is 11.1 Å². The number of carbonyl (C=O) groups excluding carboxylic acids is 1. The molecule has 1 amide bonds. The first kappa shape index (κ1) is 20.0. The summed E-state index contributed by atoms with van der Waals surface area (Å²) in [5.41, 5.74) is 1.68. The standard InChI is InChI=1S/C20H21N5O4S/c1-2-24(12-14-3-8-17-18(11-14)29-10-9-28-17)19(27)13-30-20-21-22-23-25(20)15-4-6-16(26)7-5-15/h3-8,11,26H,2,9-10,12-13H2,1H3. The number of carbonyl (C=O) groups is 1. The summed E-state index contributed by atoms with van der Waals surface area (Å²) in [6.45, 7) is 4.08. The van der Waals surface area contributed by atoms with Crippen molar-refractivity contribution < 1.29 is 19.4 Å². The Morgan fingerprint density at radius 1 is 1.17 bits per heavy atom. The molecule has 1 aliphatic rings. The molecule has 0 saturated heterocycles. The van der Waals surface area contributed by atoms with E-state index in [1.165, 1.54) is 16.4 Å². The summed E-state index contributed by atoms with van der Waals surface area (Å²) in [7, 11) is 0. The lowest BCUT2D eigenvalue weighted by atomic mass is 10.2. The number of amides is 1. The maximum atomic E-state index is 12.8. The van der Waals surface area contributed by atoms with Crippen LogP contribution in [0.5, 0.6) is 17.2 Å². The Hall–Kier alpha value is -3.27. The average molecular weight is 427 g/mol. The predicted molar refractivity (Wildman–Crippen MR) is 110 cm³/mol. The Bertz CT molecular complexity index is 1020. The number of phenols is 1. The van der Waals surface area contributed by atoms with Crippen LogP contribution in [0.1, 0.15) is 12.5 Å². The molecule has 156 valence electrons. The maximum absolute atomic E-state index is 12.8. The van der Waals surface area contributed by atoms with E-state index in [-0.39, 0.29) is 17.4 Å². The molecule has 0 unspecified atom stereocenters. The number of hydrogen-bond acceptors (Lipinski definition) is 8. The number of rotatable bonds is 7. The number of fused-ring (bicyclic) bond motifs is 1. The van der Waals surface area contributed by atoms with Crippen LogP contribution in [-0.4, -0.2) is 61.6 Å². The van der Waals surface area contributed by atoms with E-state index in [0.29, 0.717) is 42.9 Å². The number of aromatic hydroxyl groups is 1. The molecule has 0 spiro atoms. The molecule has 0 radical (unpaired) electrons. The van der Waals surface area contributed by atoms with Crippen LogP contribution in [0.2, 0.25) is 0 Å². The number of nitrogens with zero attached hydrogens (tertiary/aromatic N) is 5. The summed E-state index contributed by atoms with van der Waals surface area (Å²) in [6.07, 6.45) is 0. The molecular weight excluding hydrogens is 406 g/mol. The van der Waals surface area contributed by atoms with Gasteiger partial charge in [-0.2, -0.15) is 4.68 Å². The fourth-order valence-corrected chi connectivity index (χ4v) is 3.82. The minimum Gasteiger partial charge on any atom is -0.508 e. The van der Waals surface area contributed by atoms with Crippen LogP contribution >= 0.6 is 11.8 Å². The lowest BCUT2D eigenvalue weighted by Gasteiger charge is -2.23. The Balaban J connectivity index is 1.40. The van der Waals surface area contributed by atoms with Crippen molar-refractivity contribution in [3.63, 3.8) is 0 Å². The van der Waals surface area contributed by atoms with Gasteiger partial charge in [0, 0.05) is 13.1 Å². The highest BCUT2D eigenvalue weighted by atomic mass is 32.2. The second kappa shape index (κ2) is 9.04. The largest absolute Gasteiger partial charge is 0.508 e. The van der Waals surface area contributed by atoms with E-state index in [1.807, 2.05) is 25.1 Å². The van der Waals surface area contributed by atoms with Crippen LogP contribution in [0.4, 0.5) is 0 Å². The molecular formula is C20H21N5O4S. The molecule has 2 heterocycles. The highest BCUT2D eigenvalue weighted by Crippen LogP contribution is 2.31. The Kier molecular flexibility index (Phi) is 6.03. The summed E-state index contributed by atoms with van der Waals surface area (Å²) >= 11 is 1.27. The molecule has 0 fully saturated rings. The Labute approximate surface area is 177 Å². The zero-order chi connectivity index (χ0) is 20.9. The van der Waals surface area contributed by atoms with Crippen molar-refractivity contribution in [3.05, 3.63) is 48.0 Å². The van der Waals surface area contributed by atoms with Gasteiger partial charge in [0.15, 0.2) is 11.5 Å². The third-order valence-electron chi connectivity index (χ3n) is 4.57. The fraction of sp³-hybridized carbons (Fsp3) is 0.300. The van der Waals surface area contributed by atoms with Crippen molar-refractivity contribution >= 4 is 17.7 Å². The second-order valence-corrected chi connectivity index (χ2v) is 7.51. The number of hydrogen-bond donors (Lipinski definition) is 1. The van der Waals surface area contributed by atoms with Crippen molar-refractivity contribution in [3.8, 4) is 22.9 Å². The lowest BCUT2D eigenvalue weighted by Crippen LogP contribution is -2.31. The Morgan fingerprint density at radius 3 is 2.70 bits per heavy atom. The summed E-state index contributed by atoms with van der Waals surface area (Å²) < 4.78 is 12.7. The number of phenolic OH excluding ortho intramolecular Hbond substituents is 1. The monoisotopic (exact) mass is 427 g/mol. The number of tetrazole rings is 1. The van der Waals surface area contributed by atoms with Gasteiger partial charge in [-0.1, -0.05) is 17.8 Å². The number of ether oxygens (including phenoxy) is 2. The highest BCUT2D eigenvalue weighted by molar-refractivity contribution is 7.99. The van der Waals surface area contributed by atoms with E-state index in [4.69, 9.17) is 9.47 Å². The van der Waals surface area contributed by atoms with Gasteiger partial charge in [0.1, 0.15) is 19.0 Å². The van der Waals surface area contributed by atoms with Gasteiger partial charge in [0.05, 0.1) is 11.4 Å². The highest BCUT2D eigenvalue weighted by Gasteiger charge is 2.18. The molecule has 0 atom stereocenters. The number of thioether (sulfide) groups is 1. The fourth-order valence-electron chi connectivity index (χ4n) is 3.03. The zero-order valence-corrected chi connectivity index (χ0v) is 17.2. The van der Waals surface area contributed by atoms with E-state index < -0.39 is 0 Å². The van der Waals surface area contributed by atoms with E-state index in [9.17, 15) is 9.90 Å². The molecule has 10 heteroatoms. The summed E-state index contributed by atoms with van der Waals surface area (Å²) in [4.78, 5) is 14.6. The first-order valence-electron chi connectivity index (χ1n) is 9.51. The molecule has 1 N–H and O–H groups in total. The minimum atomic E-state index is -0.0161. The molecule has 0 bridgehead atoms. The predicted octanol–water partition coefficient (Wildman–Crippen LogP) is 2.28. The molecule has 1 aromatic heterocycles. The third-order valence-corrected chi connectivity index (χ3v) is 5.48. The van der Waals surface area contributed by atoms with Crippen molar-refractivity contribution in [2.75, 3.05) is 25.5 Å². The summed E-state index contributed by atoms with van der Waals surface area (Å²) in [6, 6.07) is 12.3. The molecule has 9 nitrogen and oxygen atoms in total. The molecule has 30 heavy (non-hydrogen) atoms. The van der Waals surface area contributed by atoms with Crippen LogP contribution in [-0.2, 0) is 11.3 Å². The van der Waals surface area contributed by atoms with Gasteiger partial charge in [0.25, 0.3) is 0 Å². The molecule has 2 aromatic carbocycles. The summed E-state index contributed by atoms with van der Waals surface area (Å²) in [5, 5.41) is 21.6. The van der Waals surface area contributed by atoms with Gasteiger partial charge < -0.3 is 19.5 Å². The molecule has 0 saturated carbocycles. The lowest BCUT2D eigenvalue weighted by molar-refractivity contribution is -0.128. The van der Waals surface area contributed by atoms with Crippen LogP contribution in [0.25, 0.3) is 5.69 Å². The topological polar surface area (TPSA) is 103 Å². The van der Waals surface area contributed by atoms with Crippen molar-refractivity contribution in [1.82, 2.24) is 25.1 Å². The normalized spacial score (nSPS) is 12.6.